The number of ether oxygens (including phenoxy) is 1. The van der Waals surface area contributed by atoms with E-state index in [1.54, 1.807) is 36.7 Å². The average molecular weight is 490 g/mol. The zero-order chi connectivity index (χ0) is 25.1. The molecule has 0 spiro atoms. The summed E-state index contributed by atoms with van der Waals surface area (Å²) in [4.78, 5) is 33.0. The maximum atomic E-state index is 12.7. The lowest BCUT2D eigenvalue weighted by atomic mass is 10.1. The molecular weight excluding hydrogens is 462 g/mol. The number of rotatable bonds is 8. The maximum Gasteiger partial charge on any atom is 0.273 e. The Labute approximate surface area is 207 Å². The van der Waals surface area contributed by atoms with Crippen molar-refractivity contribution in [1.82, 2.24) is 25.1 Å². The number of benzene rings is 1. The van der Waals surface area contributed by atoms with Crippen molar-refractivity contribution in [3.8, 4) is 11.5 Å². The van der Waals surface area contributed by atoms with Crippen LogP contribution in [0.25, 0.3) is 22.5 Å². The number of hydrogen-bond acceptors (Lipinski definition) is 8. The van der Waals surface area contributed by atoms with E-state index in [1.807, 2.05) is 11.6 Å². The van der Waals surface area contributed by atoms with Crippen LogP contribution >= 0.6 is 0 Å². The second-order valence-corrected chi connectivity index (χ2v) is 8.56. The molecule has 0 unspecified atom stereocenters. The second kappa shape index (κ2) is 10.2. The van der Waals surface area contributed by atoms with Crippen molar-refractivity contribution in [2.75, 3.05) is 18.5 Å². The Morgan fingerprint density at radius 2 is 1.94 bits per heavy atom. The van der Waals surface area contributed by atoms with Crippen LogP contribution in [0.5, 0.6) is 0 Å². The van der Waals surface area contributed by atoms with Gasteiger partial charge in [-0.3, -0.25) is 9.59 Å². The summed E-state index contributed by atoms with van der Waals surface area (Å²) in [5.41, 5.74) is 8.90. The standard InChI is InChI=1S/C25H27N7O4/c1-2-32-23-18(13-29-32)21(30-17-7-9-35-10-8-17)19(12-27-23)25-31-20(14-36-25)24(34)28-11-15-3-5-16(6-4-15)22(26)33/h3-6,12-14,17H,2,7-11H2,1H3,(H2,26,33)(H,27,30)(H,28,34). The summed E-state index contributed by atoms with van der Waals surface area (Å²) < 4.78 is 13.1. The van der Waals surface area contributed by atoms with Crippen molar-refractivity contribution in [3.05, 3.63) is 59.7 Å². The fraction of sp³-hybridized carbons (Fsp3) is 0.320. The van der Waals surface area contributed by atoms with Crippen LogP contribution < -0.4 is 16.4 Å². The SMILES string of the molecule is CCn1ncc2c(NC3CCOCC3)c(-c3nc(C(=O)NCc4ccc(C(N)=O)cc4)co3)cnc21. The molecule has 186 valence electrons. The fourth-order valence-electron chi connectivity index (χ4n) is 4.18. The second-order valence-electron chi connectivity index (χ2n) is 8.56. The number of hydrogen-bond donors (Lipinski definition) is 3. The van der Waals surface area contributed by atoms with E-state index in [1.165, 1.54) is 6.26 Å². The third-order valence-electron chi connectivity index (χ3n) is 6.19. The van der Waals surface area contributed by atoms with Gasteiger partial charge in [-0.25, -0.2) is 14.6 Å². The molecule has 1 aromatic carbocycles. The number of aromatic nitrogens is 4. The normalized spacial score (nSPS) is 14.1. The van der Waals surface area contributed by atoms with Crippen LogP contribution in [0.15, 0.2) is 47.3 Å². The number of nitrogens with two attached hydrogens (primary N) is 1. The summed E-state index contributed by atoms with van der Waals surface area (Å²) in [5.74, 6) is -0.587. The van der Waals surface area contributed by atoms with Crippen LogP contribution in [0.3, 0.4) is 0 Å². The molecule has 0 saturated carbocycles. The van der Waals surface area contributed by atoms with E-state index >= 15 is 0 Å². The molecule has 0 radical (unpaired) electrons. The topological polar surface area (TPSA) is 150 Å². The number of oxazole rings is 1. The molecule has 1 aliphatic heterocycles. The highest BCUT2D eigenvalue weighted by molar-refractivity contribution is 5.97. The van der Waals surface area contributed by atoms with Gasteiger partial charge < -0.3 is 25.5 Å². The van der Waals surface area contributed by atoms with Crippen LogP contribution in [0.2, 0.25) is 0 Å². The summed E-state index contributed by atoms with van der Waals surface area (Å²) >= 11 is 0. The van der Waals surface area contributed by atoms with Gasteiger partial charge in [0.25, 0.3) is 5.91 Å². The highest BCUT2D eigenvalue weighted by atomic mass is 16.5. The van der Waals surface area contributed by atoms with E-state index in [-0.39, 0.29) is 24.2 Å². The molecule has 1 aliphatic rings. The first kappa shape index (κ1) is 23.5. The number of pyridine rings is 1. The van der Waals surface area contributed by atoms with Gasteiger partial charge in [-0.2, -0.15) is 5.10 Å². The number of anilines is 1. The molecule has 3 aromatic heterocycles. The van der Waals surface area contributed by atoms with E-state index in [0.717, 1.165) is 35.1 Å². The third-order valence-corrected chi connectivity index (χ3v) is 6.19. The van der Waals surface area contributed by atoms with Crippen molar-refractivity contribution in [1.29, 1.82) is 0 Å². The van der Waals surface area contributed by atoms with E-state index in [9.17, 15) is 9.59 Å². The molecule has 4 aromatic rings. The molecule has 0 atom stereocenters. The number of fused-ring (bicyclic) bond motifs is 1. The highest BCUT2D eigenvalue weighted by Gasteiger charge is 2.23. The fourth-order valence-corrected chi connectivity index (χ4v) is 4.18. The molecule has 36 heavy (non-hydrogen) atoms. The lowest BCUT2D eigenvalue weighted by Crippen LogP contribution is -2.28. The summed E-state index contributed by atoms with van der Waals surface area (Å²) in [6.45, 7) is 4.37. The van der Waals surface area contributed by atoms with Gasteiger partial charge in [0.1, 0.15) is 6.26 Å². The molecule has 11 nitrogen and oxygen atoms in total. The van der Waals surface area contributed by atoms with Crippen LogP contribution in [0.4, 0.5) is 5.69 Å². The van der Waals surface area contributed by atoms with Gasteiger partial charge >= 0.3 is 0 Å². The Kier molecular flexibility index (Phi) is 6.63. The number of nitrogens with zero attached hydrogens (tertiary/aromatic N) is 4. The van der Waals surface area contributed by atoms with Crippen LogP contribution in [-0.2, 0) is 17.8 Å². The molecule has 1 saturated heterocycles. The predicted molar refractivity (Wildman–Crippen MR) is 132 cm³/mol. The number of primary amides is 1. The number of amides is 2. The Hall–Kier alpha value is -4.25. The molecule has 0 bridgehead atoms. The minimum Gasteiger partial charge on any atom is -0.443 e. The monoisotopic (exact) mass is 489 g/mol. The Balaban J connectivity index is 1.38. The summed E-state index contributed by atoms with van der Waals surface area (Å²) in [6, 6.07) is 6.94. The zero-order valence-electron chi connectivity index (χ0n) is 19.9. The van der Waals surface area contributed by atoms with Crippen molar-refractivity contribution < 1.29 is 18.7 Å². The minimum atomic E-state index is -0.499. The quantitative estimate of drug-likeness (QED) is 0.342. The zero-order valence-corrected chi connectivity index (χ0v) is 19.9. The Bertz CT molecular complexity index is 1390. The van der Waals surface area contributed by atoms with Gasteiger partial charge in [0, 0.05) is 44.1 Å². The smallest absolute Gasteiger partial charge is 0.273 e. The van der Waals surface area contributed by atoms with Crippen LogP contribution in [0.1, 0.15) is 46.2 Å². The highest BCUT2D eigenvalue weighted by Crippen LogP contribution is 2.34. The van der Waals surface area contributed by atoms with Gasteiger partial charge in [-0.05, 0) is 37.5 Å². The minimum absolute atomic E-state index is 0.153. The van der Waals surface area contributed by atoms with E-state index in [0.29, 0.717) is 36.8 Å². The molecule has 4 heterocycles. The van der Waals surface area contributed by atoms with Gasteiger partial charge in [-0.1, -0.05) is 12.1 Å². The lowest BCUT2D eigenvalue weighted by molar-refractivity contribution is 0.0904. The third kappa shape index (κ3) is 4.78. The maximum absolute atomic E-state index is 12.7. The average Bonchev–Trinajstić information content (AvgIpc) is 3.56. The van der Waals surface area contributed by atoms with Crippen LogP contribution in [0, 0.1) is 0 Å². The number of aryl methyl sites for hydroxylation is 1. The summed E-state index contributed by atoms with van der Waals surface area (Å²) in [7, 11) is 0. The van der Waals surface area contributed by atoms with Crippen molar-refractivity contribution >= 4 is 28.5 Å². The van der Waals surface area contributed by atoms with E-state index < -0.39 is 5.91 Å². The first-order valence-electron chi connectivity index (χ1n) is 11.8. The molecule has 11 heteroatoms. The largest absolute Gasteiger partial charge is 0.443 e. The first-order chi connectivity index (χ1) is 17.5. The van der Waals surface area contributed by atoms with E-state index in [4.69, 9.17) is 14.9 Å². The lowest BCUT2D eigenvalue weighted by Gasteiger charge is -2.25. The predicted octanol–water partition coefficient (Wildman–Crippen LogP) is 2.73. The van der Waals surface area contributed by atoms with Gasteiger partial charge in [-0.15, -0.1) is 0 Å². The first-order valence-corrected chi connectivity index (χ1v) is 11.8. The number of nitrogens with one attached hydrogen (secondary N) is 2. The summed E-state index contributed by atoms with van der Waals surface area (Å²) in [5, 5.41) is 11.8. The molecule has 5 rings (SSSR count). The number of carbonyl (C=O) groups is 2. The molecular formula is C25H27N7O4. The Morgan fingerprint density at radius 1 is 1.17 bits per heavy atom. The molecule has 0 aliphatic carbocycles. The number of carbonyl (C=O) groups excluding carboxylic acids is 2. The van der Waals surface area contributed by atoms with Gasteiger partial charge in [0.2, 0.25) is 11.8 Å². The van der Waals surface area contributed by atoms with E-state index in [2.05, 4.69) is 25.7 Å². The molecule has 2 amide bonds. The molecule has 1 fully saturated rings. The van der Waals surface area contributed by atoms with Crippen LogP contribution in [-0.4, -0.2) is 50.8 Å². The Morgan fingerprint density at radius 3 is 2.67 bits per heavy atom. The van der Waals surface area contributed by atoms with Crippen molar-refractivity contribution in [2.24, 2.45) is 5.73 Å². The molecule has 4 N–H and O–H groups in total. The van der Waals surface area contributed by atoms with Crippen molar-refractivity contribution in [2.45, 2.75) is 38.9 Å². The van der Waals surface area contributed by atoms with Gasteiger partial charge in [0.05, 0.1) is 22.8 Å². The van der Waals surface area contributed by atoms with Gasteiger partial charge in [0.15, 0.2) is 11.3 Å². The van der Waals surface area contributed by atoms with Crippen molar-refractivity contribution in [3.63, 3.8) is 0 Å². The summed E-state index contributed by atoms with van der Waals surface area (Å²) in [6.07, 6.45) is 6.58.